The Balaban J connectivity index is 1.65. The van der Waals surface area contributed by atoms with Gasteiger partial charge in [-0.25, -0.2) is 9.18 Å². The van der Waals surface area contributed by atoms with Gasteiger partial charge in [-0.05, 0) is 49.9 Å². The van der Waals surface area contributed by atoms with Gasteiger partial charge in [-0.15, -0.1) is 0 Å². The second-order valence-corrected chi connectivity index (χ2v) is 7.21. The van der Waals surface area contributed by atoms with Crippen molar-refractivity contribution in [2.75, 3.05) is 25.5 Å². The number of carbonyl (C=O) groups is 3. The summed E-state index contributed by atoms with van der Waals surface area (Å²) in [6.45, 7) is 3.00. The Morgan fingerprint density at radius 2 is 1.93 bits per heavy atom. The van der Waals surface area contributed by atoms with Crippen molar-refractivity contribution in [3.8, 4) is 0 Å². The van der Waals surface area contributed by atoms with Crippen molar-refractivity contribution in [2.45, 2.75) is 25.8 Å². The molecule has 8 nitrogen and oxygen atoms in total. The summed E-state index contributed by atoms with van der Waals surface area (Å²) in [6.07, 6.45) is 3.71. The molecule has 0 bridgehead atoms. The van der Waals surface area contributed by atoms with E-state index < -0.39 is 17.6 Å². The Morgan fingerprint density at radius 3 is 2.57 bits per heavy atom. The quantitative estimate of drug-likeness (QED) is 0.778. The van der Waals surface area contributed by atoms with Gasteiger partial charge in [0.15, 0.2) is 0 Å². The van der Waals surface area contributed by atoms with E-state index in [1.807, 2.05) is 6.92 Å². The largest absolute Gasteiger partial charge is 0.472 e. The van der Waals surface area contributed by atoms with Crippen LogP contribution in [0.1, 0.15) is 40.5 Å². The summed E-state index contributed by atoms with van der Waals surface area (Å²) in [4.78, 5) is 38.3. The monoisotopic (exact) mass is 417 g/mol. The van der Waals surface area contributed by atoms with Gasteiger partial charge < -0.3 is 24.7 Å². The van der Waals surface area contributed by atoms with Crippen LogP contribution in [0.4, 0.5) is 14.9 Å². The van der Waals surface area contributed by atoms with Gasteiger partial charge in [0.25, 0.3) is 11.8 Å². The lowest BCUT2D eigenvalue weighted by Crippen LogP contribution is -2.45. The van der Waals surface area contributed by atoms with Crippen LogP contribution in [0.2, 0.25) is 0 Å². The van der Waals surface area contributed by atoms with Crippen LogP contribution in [0.25, 0.3) is 0 Å². The highest BCUT2D eigenvalue weighted by molar-refractivity contribution is 6.08. The maximum absolute atomic E-state index is 13.7. The molecule has 1 aromatic carbocycles. The Bertz CT molecular complexity index is 907. The average Bonchev–Trinajstić information content (AvgIpc) is 3.28. The van der Waals surface area contributed by atoms with E-state index in [0.29, 0.717) is 13.1 Å². The van der Waals surface area contributed by atoms with E-state index in [1.165, 1.54) is 37.8 Å². The molecular weight excluding hydrogens is 393 g/mol. The van der Waals surface area contributed by atoms with E-state index in [2.05, 4.69) is 10.6 Å². The minimum absolute atomic E-state index is 0.0754. The number of nitrogens with one attached hydrogen (secondary N) is 2. The number of anilines is 1. The lowest BCUT2D eigenvalue weighted by molar-refractivity contribution is 0.0867. The fourth-order valence-corrected chi connectivity index (χ4v) is 3.52. The molecule has 1 aromatic heterocycles. The lowest BCUT2D eigenvalue weighted by atomic mass is 9.90. The molecule has 1 saturated heterocycles. The molecule has 2 aromatic rings. The molecule has 1 atom stereocenters. The molecule has 0 aliphatic carbocycles. The summed E-state index contributed by atoms with van der Waals surface area (Å²) in [5.74, 6) is -1.32. The second-order valence-electron chi connectivity index (χ2n) is 7.21. The Kier molecular flexibility index (Phi) is 6.71. The van der Waals surface area contributed by atoms with Crippen LogP contribution in [0.5, 0.6) is 0 Å². The topological polar surface area (TPSA) is 101 Å². The van der Waals surface area contributed by atoms with Gasteiger partial charge in [-0.3, -0.25) is 9.59 Å². The average molecular weight is 417 g/mol. The van der Waals surface area contributed by atoms with E-state index in [4.69, 9.17) is 9.15 Å². The summed E-state index contributed by atoms with van der Waals surface area (Å²) in [6, 6.07) is 4.91. The molecule has 3 rings (SSSR count). The smallest absolute Gasteiger partial charge is 0.409 e. The normalized spacial score (nSPS) is 15.4. The molecule has 30 heavy (non-hydrogen) atoms. The van der Waals surface area contributed by atoms with Crippen molar-refractivity contribution in [2.24, 2.45) is 5.92 Å². The summed E-state index contributed by atoms with van der Waals surface area (Å²) in [5, 5.41) is 5.48. The van der Waals surface area contributed by atoms with Gasteiger partial charge >= 0.3 is 6.09 Å². The van der Waals surface area contributed by atoms with Gasteiger partial charge in [-0.2, -0.15) is 0 Å². The van der Waals surface area contributed by atoms with Crippen molar-refractivity contribution in [1.82, 2.24) is 10.2 Å². The molecule has 0 saturated carbocycles. The highest BCUT2D eigenvalue weighted by atomic mass is 19.1. The van der Waals surface area contributed by atoms with Crippen LogP contribution in [0.3, 0.4) is 0 Å². The number of furan rings is 1. The molecule has 160 valence electrons. The minimum atomic E-state index is -0.572. The van der Waals surface area contributed by atoms with Crippen LogP contribution in [-0.2, 0) is 4.74 Å². The highest BCUT2D eigenvalue weighted by Gasteiger charge is 2.28. The van der Waals surface area contributed by atoms with Gasteiger partial charge in [0.1, 0.15) is 12.1 Å². The van der Waals surface area contributed by atoms with Crippen molar-refractivity contribution in [1.29, 1.82) is 0 Å². The number of likely N-dealkylation sites (tertiary alicyclic amines) is 1. The molecule has 1 aliphatic rings. The van der Waals surface area contributed by atoms with Crippen molar-refractivity contribution in [3.05, 3.63) is 53.7 Å². The van der Waals surface area contributed by atoms with E-state index >= 15 is 0 Å². The molecule has 0 unspecified atom stereocenters. The second kappa shape index (κ2) is 9.43. The molecule has 0 radical (unpaired) electrons. The third kappa shape index (κ3) is 4.97. The van der Waals surface area contributed by atoms with Crippen LogP contribution in [-0.4, -0.2) is 49.0 Å². The van der Waals surface area contributed by atoms with Crippen LogP contribution < -0.4 is 10.6 Å². The predicted octanol–water partition coefficient (Wildman–Crippen LogP) is 3.27. The number of carbonyl (C=O) groups excluding carboxylic acids is 3. The van der Waals surface area contributed by atoms with E-state index in [9.17, 15) is 18.8 Å². The zero-order valence-corrected chi connectivity index (χ0v) is 16.8. The summed E-state index contributed by atoms with van der Waals surface area (Å²) in [5.41, 5.74) is 0.495. The molecule has 9 heteroatoms. The number of hydrogen-bond donors (Lipinski definition) is 2. The molecule has 2 heterocycles. The minimum Gasteiger partial charge on any atom is -0.472 e. The zero-order valence-electron chi connectivity index (χ0n) is 16.8. The van der Waals surface area contributed by atoms with Crippen molar-refractivity contribution >= 4 is 23.6 Å². The first-order chi connectivity index (χ1) is 14.4. The van der Waals surface area contributed by atoms with E-state index in [-0.39, 0.29) is 34.9 Å². The highest BCUT2D eigenvalue weighted by Crippen LogP contribution is 2.23. The van der Waals surface area contributed by atoms with Gasteiger partial charge in [0.05, 0.1) is 30.2 Å². The van der Waals surface area contributed by atoms with Crippen molar-refractivity contribution < 1.29 is 27.9 Å². The molecule has 1 aliphatic heterocycles. The maximum Gasteiger partial charge on any atom is 0.409 e. The third-order valence-electron chi connectivity index (χ3n) is 5.30. The number of ether oxygens (including phenoxy) is 1. The van der Waals surface area contributed by atoms with Gasteiger partial charge in [-0.1, -0.05) is 0 Å². The summed E-state index contributed by atoms with van der Waals surface area (Å²) >= 11 is 0. The standard InChI is InChI=1S/C21H24FN3O5/c1-13(14-5-8-25(9-6-14)21(28)29-2)23-20(27)17-4-3-16(22)11-18(17)24-19(26)15-7-10-30-12-15/h3-4,7,10-14H,5-6,8-9H2,1-2H3,(H,23,27)(H,24,26)/t13-/m1/s1. The lowest BCUT2D eigenvalue weighted by Gasteiger charge is -2.34. The van der Waals surface area contributed by atoms with Crippen LogP contribution in [0.15, 0.2) is 41.2 Å². The SMILES string of the molecule is COC(=O)N1CCC([C@@H](C)NC(=O)c2ccc(F)cc2NC(=O)c2ccoc2)CC1. The van der Waals surface area contributed by atoms with Crippen LogP contribution >= 0.6 is 0 Å². The number of hydrogen-bond acceptors (Lipinski definition) is 5. The first-order valence-electron chi connectivity index (χ1n) is 9.66. The number of benzene rings is 1. The van der Waals surface area contributed by atoms with E-state index in [1.54, 1.807) is 4.90 Å². The first-order valence-corrected chi connectivity index (χ1v) is 9.66. The van der Waals surface area contributed by atoms with E-state index in [0.717, 1.165) is 18.9 Å². The Morgan fingerprint density at radius 1 is 1.20 bits per heavy atom. The first kappa shape index (κ1) is 21.4. The number of rotatable bonds is 5. The number of methoxy groups -OCH3 is 1. The number of amides is 3. The maximum atomic E-state index is 13.7. The van der Waals surface area contributed by atoms with Gasteiger partial charge in [0.2, 0.25) is 0 Å². The number of halogens is 1. The number of nitrogens with zero attached hydrogens (tertiary/aromatic N) is 1. The molecule has 0 spiro atoms. The van der Waals surface area contributed by atoms with Crippen LogP contribution in [0, 0.1) is 11.7 Å². The summed E-state index contributed by atoms with van der Waals surface area (Å²) in [7, 11) is 1.35. The zero-order chi connectivity index (χ0) is 21.7. The fraction of sp³-hybridized carbons (Fsp3) is 0.381. The third-order valence-corrected chi connectivity index (χ3v) is 5.30. The molecule has 2 N–H and O–H groups in total. The Labute approximate surface area is 173 Å². The fourth-order valence-electron chi connectivity index (χ4n) is 3.52. The summed E-state index contributed by atoms with van der Waals surface area (Å²) < 4.78 is 23.4. The molecular formula is C21H24FN3O5. The molecule has 3 amide bonds. The Hall–Kier alpha value is -3.36. The van der Waals surface area contributed by atoms with Crippen molar-refractivity contribution in [3.63, 3.8) is 0 Å². The predicted molar refractivity (Wildman–Crippen MR) is 107 cm³/mol. The van der Waals surface area contributed by atoms with Gasteiger partial charge in [0, 0.05) is 19.1 Å². The molecule has 1 fully saturated rings. The number of piperidine rings is 1.